The van der Waals surface area contributed by atoms with Crippen molar-refractivity contribution in [1.82, 2.24) is 0 Å². The smallest absolute Gasteiger partial charge is 0.0773 e. The van der Waals surface area contributed by atoms with Crippen molar-refractivity contribution in [3.05, 3.63) is 0 Å². The van der Waals surface area contributed by atoms with E-state index in [1.54, 1.807) is 0 Å². The largest absolute Gasteiger partial charge is 0.550 e. The predicted octanol–water partition coefficient (Wildman–Crippen LogP) is 2.98. The standard InChI is InChI=1S/C18H37N.C2H4O2/c1-3-5-6-7-8-9-10-11-15-19-16-13-18(12-4-2)14-17-19;1-2(3)4/h18H,3-17H2,1-2H3;1H3,(H,3,4). The van der Waals surface area contributed by atoms with Gasteiger partial charge in [0, 0.05) is 5.97 Å². The summed E-state index contributed by atoms with van der Waals surface area (Å²) >= 11 is 0. The first kappa shape index (κ1) is 22.4. The highest BCUT2D eigenvalue weighted by atomic mass is 16.4. The summed E-state index contributed by atoms with van der Waals surface area (Å²) < 4.78 is 0. The van der Waals surface area contributed by atoms with Gasteiger partial charge in [-0.1, -0.05) is 65.2 Å². The Morgan fingerprint density at radius 1 is 0.913 bits per heavy atom. The van der Waals surface area contributed by atoms with Gasteiger partial charge in [-0.2, -0.15) is 0 Å². The number of carbonyl (C=O) groups excluding carboxylic acids is 1. The summed E-state index contributed by atoms with van der Waals surface area (Å²) in [5.41, 5.74) is 0. The minimum atomic E-state index is -1.08. The number of hydrogen-bond acceptors (Lipinski definition) is 2. The first-order valence-electron chi connectivity index (χ1n) is 10.1. The van der Waals surface area contributed by atoms with Crippen LogP contribution in [0.1, 0.15) is 97.8 Å². The molecule has 0 bridgehead atoms. The minimum Gasteiger partial charge on any atom is -0.550 e. The van der Waals surface area contributed by atoms with Gasteiger partial charge in [-0.05, 0) is 38.5 Å². The molecule has 1 rings (SSSR count). The fraction of sp³-hybridized carbons (Fsp3) is 0.950. The van der Waals surface area contributed by atoms with Gasteiger partial charge in [-0.15, -0.1) is 0 Å². The summed E-state index contributed by atoms with van der Waals surface area (Å²) in [7, 11) is 0. The summed E-state index contributed by atoms with van der Waals surface area (Å²) in [6.07, 6.45) is 17.5. The van der Waals surface area contributed by atoms with Crippen molar-refractivity contribution >= 4 is 5.97 Å². The summed E-state index contributed by atoms with van der Waals surface area (Å²) in [5.74, 6) is -0.0210. The lowest BCUT2D eigenvalue weighted by Gasteiger charge is -2.29. The molecule has 0 aliphatic carbocycles. The highest BCUT2D eigenvalue weighted by molar-refractivity contribution is 5.60. The lowest BCUT2D eigenvalue weighted by molar-refractivity contribution is -0.906. The maximum atomic E-state index is 8.89. The van der Waals surface area contributed by atoms with Crippen LogP contribution in [0.25, 0.3) is 0 Å². The van der Waals surface area contributed by atoms with Gasteiger partial charge in [-0.25, -0.2) is 0 Å². The van der Waals surface area contributed by atoms with E-state index in [1.165, 1.54) is 96.7 Å². The Morgan fingerprint density at radius 2 is 1.39 bits per heavy atom. The number of carbonyl (C=O) groups is 1. The first-order chi connectivity index (χ1) is 11.1. The van der Waals surface area contributed by atoms with E-state index in [2.05, 4.69) is 13.8 Å². The van der Waals surface area contributed by atoms with Gasteiger partial charge in [-0.3, -0.25) is 0 Å². The molecule has 3 nitrogen and oxygen atoms in total. The van der Waals surface area contributed by atoms with Crippen molar-refractivity contribution in [2.75, 3.05) is 19.6 Å². The number of unbranched alkanes of at least 4 members (excludes halogenated alkanes) is 7. The maximum absolute atomic E-state index is 8.89. The lowest BCUT2D eigenvalue weighted by Crippen LogP contribution is -3.13. The molecule has 23 heavy (non-hydrogen) atoms. The third-order valence-electron chi connectivity index (χ3n) is 4.89. The van der Waals surface area contributed by atoms with Crippen molar-refractivity contribution in [3.8, 4) is 0 Å². The van der Waals surface area contributed by atoms with Gasteiger partial charge in [0.2, 0.25) is 0 Å². The van der Waals surface area contributed by atoms with Crippen molar-refractivity contribution in [3.63, 3.8) is 0 Å². The van der Waals surface area contributed by atoms with Crippen LogP contribution in [0, 0.1) is 5.92 Å². The van der Waals surface area contributed by atoms with Gasteiger partial charge in [0.25, 0.3) is 0 Å². The van der Waals surface area contributed by atoms with E-state index >= 15 is 0 Å². The molecule has 1 N–H and O–H groups in total. The number of likely N-dealkylation sites (tertiary alicyclic amines) is 1. The molecule has 1 heterocycles. The van der Waals surface area contributed by atoms with Crippen molar-refractivity contribution in [1.29, 1.82) is 0 Å². The molecule has 1 saturated heterocycles. The first-order valence-corrected chi connectivity index (χ1v) is 10.1. The van der Waals surface area contributed by atoms with Crippen molar-refractivity contribution in [2.45, 2.75) is 97.8 Å². The van der Waals surface area contributed by atoms with Crippen LogP contribution in [0.15, 0.2) is 0 Å². The Labute approximate surface area is 144 Å². The third-order valence-corrected chi connectivity index (χ3v) is 4.89. The molecular weight excluding hydrogens is 286 g/mol. The Kier molecular flexibility index (Phi) is 15.9. The maximum Gasteiger partial charge on any atom is 0.0773 e. The number of aliphatic carboxylic acids is 1. The van der Waals surface area contributed by atoms with Gasteiger partial charge in [0.15, 0.2) is 0 Å². The Morgan fingerprint density at radius 3 is 1.87 bits per heavy atom. The Balaban J connectivity index is 0.00000108. The van der Waals surface area contributed by atoms with Gasteiger partial charge in [0.1, 0.15) is 0 Å². The van der Waals surface area contributed by atoms with E-state index in [-0.39, 0.29) is 0 Å². The molecule has 0 aromatic heterocycles. The molecule has 0 amide bonds. The van der Waals surface area contributed by atoms with Crippen molar-refractivity contribution in [2.24, 2.45) is 5.92 Å². The molecule has 0 spiro atoms. The molecule has 0 atom stereocenters. The fourth-order valence-electron chi connectivity index (χ4n) is 3.54. The van der Waals surface area contributed by atoms with Crippen LogP contribution in [-0.2, 0) is 4.79 Å². The summed E-state index contributed by atoms with van der Waals surface area (Å²) in [4.78, 5) is 10.8. The molecule has 3 heteroatoms. The average Bonchev–Trinajstić information content (AvgIpc) is 2.51. The second-order valence-corrected chi connectivity index (χ2v) is 7.20. The normalized spacial score (nSPS) is 20.7. The Hall–Kier alpha value is -0.570. The summed E-state index contributed by atoms with van der Waals surface area (Å²) in [6, 6.07) is 0. The minimum absolute atomic E-state index is 0.972. The molecule has 1 aliphatic rings. The van der Waals surface area contributed by atoms with Gasteiger partial charge in [0.05, 0.1) is 19.6 Å². The average molecular weight is 328 g/mol. The molecule has 0 aromatic carbocycles. The van der Waals surface area contributed by atoms with Crippen LogP contribution in [0.4, 0.5) is 0 Å². The zero-order valence-corrected chi connectivity index (χ0v) is 16.0. The molecule has 0 saturated carbocycles. The van der Waals surface area contributed by atoms with Gasteiger partial charge >= 0.3 is 0 Å². The predicted molar refractivity (Wildman–Crippen MR) is 96.5 cm³/mol. The van der Waals surface area contributed by atoms with Crippen LogP contribution in [0.3, 0.4) is 0 Å². The van der Waals surface area contributed by atoms with Crippen molar-refractivity contribution < 1.29 is 14.8 Å². The lowest BCUT2D eigenvalue weighted by atomic mass is 9.92. The molecule has 138 valence electrons. The van der Waals surface area contributed by atoms with Gasteiger partial charge < -0.3 is 14.8 Å². The monoisotopic (exact) mass is 327 g/mol. The molecule has 1 aliphatic heterocycles. The molecule has 1 fully saturated rings. The number of carboxylic acid groups (broad SMARTS) is 1. The summed E-state index contributed by atoms with van der Waals surface area (Å²) in [6.45, 7) is 9.97. The van der Waals surface area contributed by atoms with E-state index in [0.717, 1.165) is 12.8 Å². The van der Waals surface area contributed by atoms with Crippen LogP contribution in [-0.4, -0.2) is 25.6 Å². The Bertz CT molecular complexity index is 256. The van der Waals surface area contributed by atoms with E-state index in [0.29, 0.717) is 0 Å². The second kappa shape index (κ2) is 16.3. The van der Waals surface area contributed by atoms with Crippen LogP contribution >= 0.6 is 0 Å². The molecular formula is C20H41NO2. The number of nitrogens with one attached hydrogen (secondary N) is 1. The highest BCUT2D eigenvalue weighted by Crippen LogP contribution is 2.15. The van der Waals surface area contributed by atoms with Crippen LogP contribution in [0.2, 0.25) is 0 Å². The molecule has 0 aromatic rings. The highest BCUT2D eigenvalue weighted by Gasteiger charge is 2.20. The van der Waals surface area contributed by atoms with E-state index in [4.69, 9.17) is 9.90 Å². The second-order valence-electron chi connectivity index (χ2n) is 7.20. The zero-order chi connectivity index (χ0) is 17.3. The third kappa shape index (κ3) is 16.1. The van der Waals surface area contributed by atoms with Crippen LogP contribution in [0.5, 0.6) is 0 Å². The number of carboxylic acids is 1. The van der Waals surface area contributed by atoms with E-state index in [9.17, 15) is 0 Å². The van der Waals surface area contributed by atoms with E-state index < -0.39 is 5.97 Å². The topological polar surface area (TPSA) is 44.6 Å². The zero-order valence-electron chi connectivity index (χ0n) is 16.0. The van der Waals surface area contributed by atoms with Crippen LogP contribution < -0.4 is 10.0 Å². The number of piperidine rings is 1. The molecule has 0 radical (unpaired) electrons. The van der Waals surface area contributed by atoms with E-state index in [1.807, 2.05) is 4.90 Å². The number of quaternary nitrogens is 1. The SMILES string of the molecule is CC(=O)[O-].CCCCCCCCCC[NH+]1CCC(CCC)CC1. The quantitative estimate of drug-likeness (QED) is 0.593. The summed E-state index contributed by atoms with van der Waals surface area (Å²) in [5, 5.41) is 8.89. The number of hydrogen-bond donors (Lipinski definition) is 1. The fourth-order valence-corrected chi connectivity index (χ4v) is 3.54. The number of rotatable bonds is 11. The molecule has 0 unspecified atom stereocenters.